The zero-order chi connectivity index (χ0) is 14.1. The SMILES string of the molecule is CC(Cn1c(=S)[nH]c2ccc(F)cc21)c1ccccc1. The number of imidazole rings is 1. The smallest absolute Gasteiger partial charge is 0.178 e. The predicted octanol–water partition coefficient (Wildman–Crippen LogP) is 4.64. The van der Waals surface area contributed by atoms with Gasteiger partial charge in [-0.25, -0.2) is 4.39 Å². The van der Waals surface area contributed by atoms with Gasteiger partial charge in [0.1, 0.15) is 5.82 Å². The summed E-state index contributed by atoms with van der Waals surface area (Å²) in [4.78, 5) is 3.12. The van der Waals surface area contributed by atoms with Crippen LogP contribution in [0.1, 0.15) is 18.4 Å². The fourth-order valence-corrected chi connectivity index (χ4v) is 2.75. The summed E-state index contributed by atoms with van der Waals surface area (Å²) >= 11 is 5.35. The van der Waals surface area contributed by atoms with Crippen molar-refractivity contribution in [1.29, 1.82) is 0 Å². The van der Waals surface area contributed by atoms with Gasteiger partial charge >= 0.3 is 0 Å². The van der Waals surface area contributed by atoms with Crippen LogP contribution in [0.4, 0.5) is 4.39 Å². The number of halogens is 1. The normalized spacial score (nSPS) is 12.7. The number of aromatic amines is 1. The Bertz CT molecular complexity index is 789. The molecule has 0 saturated heterocycles. The Hall–Kier alpha value is -1.94. The van der Waals surface area contributed by atoms with Crippen LogP contribution in [-0.2, 0) is 6.54 Å². The first-order valence-corrected chi connectivity index (χ1v) is 6.99. The lowest BCUT2D eigenvalue weighted by Gasteiger charge is -2.13. The summed E-state index contributed by atoms with van der Waals surface area (Å²) in [5, 5.41) is 0. The third-order valence-electron chi connectivity index (χ3n) is 3.56. The first kappa shape index (κ1) is 13.1. The quantitative estimate of drug-likeness (QED) is 0.695. The molecule has 0 aliphatic heterocycles. The van der Waals surface area contributed by atoms with Crippen molar-refractivity contribution in [3.05, 3.63) is 64.7 Å². The van der Waals surface area contributed by atoms with E-state index in [1.54, 1.807) is 6.07 Å². The van der Waals surface area contributed by atoms with Crippen molar-refractivity contribution in [3.8, 4) is 0 Å². The summed E-state index contributed by atoms with van der Waals surface area (Å²) in [6, 6.07) is 15.0. The highest BCUT2D eigenvalue weighted by atomic mass is 32.1. The van der Waals surface area contributed by atoms with Crippen molar-refractivity contribution in [2.24, 2.45) is 0 Å². The summed E-state index contributed by atoms with van der Waals surface area (Å²) in [6.45, 7) is 2.88. The van der Waals surface area contributed by atoms with Gasteiger partial charge < -0.3 is 9.55 Å². The molecule has 0 spiro atoms. The molecule has 0 radical (unpaired) electrons. The predicted molar refractivity (Wildman–Crippen MR) is 81.9 cm³/mol. The van der Waals surface area contributed by atoms with Crippen molar-refractivity contribution < 1.29 is 4.39 Å². The molecule has 3 rings (SSSR count). The van der Waals surface area contributed by atoms with E-state index >= 15 is 0 Å². The number of nitrogens with one attached hydrogen (secondary N) is 1. The standard InChI is InChI=1S/C16H15FN2S/c1-11(12-5-3-2-4-6-12)10-19-15-9-13(17)7-8-14(15)18-16(19)20/h2-9,11H,10H2,1H3,(H,18,20). The number of hydrogen-bond acceptors (Lipinski definition) is 1. The third kappa shape index (κ3) is 2.39. The highest BCUT2D eigenvalue weighted by molar-refractivity contribution is 7.71. The minimum Gasteiger partial charge on any atom is -0.331 e. The lowest BCUT2D eigenvalue weighted by molar-refractivity contribution is 0.600. The van der Waals surface area contributed by atoms with E-state index in [0.717, 1.165) is 17.6 Å². The summed E-state index contributed by atoms with van der Waals surface area (Å²) in [5.74, 6) is 0.0674. The molecule has 0 fully saturated rings. The maximum absolute atomic E-state index is 13.4. The molecule has 4 heteroatoms. The van der Waals surface area contributed by atoms with Crippen LogP contribution in [0.15, 0.2) is 48.5 Å². The maximum Gasteiger partial charge on any atom is 0.178 e. The molecule has 0 bridgehead atoms. The molecule has 1 atom stereocenters. The van der Waals surface area contributed by atoms with Crippen LogP contribution in [0.25, 0.3) is 11.0 Å². The molecule has 2 aromatic carbocycles. The number of nitrogens with zero attached hydrogens (tertiary/aromatic N) is 1. The largest absolute Gasteiger partial charge is 0.331 e. The Labute approximate surface area is 121 Å². The fraction of sp³-hybridized carbons (Fsp3) is 0.188. The molecule has 0 saturated carbocycles. The van der Waals surface area contributed by atoms with Crippen molar-refractivity contribution in [2.45, 2.75) is 19.4 Å². The van der Waals surface area contributed by atoms with Gasteiger partial charge in [-0.15, -0.1) is 0 Å². The van der Waals surface area contributed by atoms with Gasteiger partial charge in [0.15, 0.2) is 4.77 Å². The van der Waals surface area contributed by atoms with E-state index in [-0.39, 0.29) is 5.82 Å². The van der Waals surface area contributed by atoms with Gasteiger partial charge in [0.25, 0.3) is 0 Å². The van der Waals surface area contributed by atoms with Gasteiger partial charge in [0.05, 0.1) is 11.0 Å². The maximum atomic E-state index is 13.4. The molecule has 20 heavy (non-hydrogen) atoms. The Balaban J connectivity index is 2.00. The van der Waals surface area contributed by atoms with E-state index in [1.165, 1.54) is 17.7 Å². The monoisotopic (exact) mass is 286 g/mol. The van der Waals surface area contributed by atoms with Crippen LogP contribution in [0.5, 0.6) is 0 Å². The fourth-order valence-electron chi connectivity index (χ4n) is 2.47. The van der Waals surface area contributed by atoms with E-state index in [4.69, 9.17) is 12.2 Å². The minimum atomic E-state index is -0.243. The van der Waals surface area contributed by atoms with Gasteiger partial charge in [0.2, 0.25) is 0 Å². The lowest BCUT2D eigenvalue weighted by Crippen LogP contribution is -2.06. The topological polar surface area (TPSA) is 20.7 Å². The van der Waals surface area contributed by atoms with Gasteiger partial charge in [0, 0.05) is 6.54 Å². The second-order valence-electron chi connectivity index (χ2n) is 5.01. The molecule has 1 heterocycles. The molecule has 0 amide bonds. The van der Waals surface area contributed by atoms with E-state index in [2.05, 4.69) is 24.0 Å². The third-order valence-corrected chi connectivity index (χ3v) is 3.88. The van der Waals surface area contributed by atoms with Crippen LogP contribution in [0, 0.1) is 10.6 Å². The second-order valence-corrected chi connectivity index (χ2v) is 5.40. The number of fused-ring (bicyclic) bond motifs is 1. The highest BCUT2D eigenvalue weighted by Crippen LogP contribution is 2.21. The van der Waals surface area contributed by atoms with Crippen LogP contribution in [0.2, 0.25) is 0 Å². The highest BCUT2D eigenvalue weighted by Gasteiger charge is 2.10. The molecule has 1 unspecified atom stereocenters. The molecule has 102 valence electrons. The van der Waals surface area contributed by atoms with Crippen LogP contribution >= 0.6 is 12.2 Å². The molecule has 3 aromatic rings. The minimum absolute atomic E-state index is 0.243. The first-order valence-electron chi connectivity index (χ1n) is 6.58. The van der Waals surface area contributed by atoms with E-state index < -0.39 is 0 Å². The zero-order valence-electron chi connectivity index (χ0n) is 11.1. The molecule has 1 N–H and O–H groups in total. The van der Waals surface area contributed by atoms with Crippen molar-refractivity contribution in [1.82, 2.24) is 9.55 Å². The Morgan fingerprint density at radius 2 is 1.95 bits per heavy atom. The van der Waals surface area contributed by atoms with Crippen molar-refractivity contribution in [3.63, 3.8) is 0 Å². The van der Waals surface area contributed by atoms with Crippen LogP contribution in [-0.4, -0.2) is 9.55 Å². The van der Waals surface area contributed by atoms with Crippen LogP contribution < -0.4 is 0 Å². The first-order chi connectivity index (χ1) is 9.65. The summed E-state index contributed by atoms with van der Waals surface area (Å²) < 4.78 is 16.0. The number of aromatic nitrogens is 2. The van der Waals surface area contributed by atoms with E-state index in [9.17, 15) is 4.39 Å². The lowest BCUT2D eigenvalue weighted by atomic mass is 10.0. The molecule has 0 aliphatic rings. The van der Waals surface area contributed by atoms with Gasteiger partial charge in [-0.1, -0.05) is 37.3 Å². The van der Waals surface area contributed by atoms with Crippen LogP contribution in [0.3, 0.4) is 0 Å². The Morgan fingerprint density at radius 3 is 2.70 bits per heavy atom. The van der Waals surface area contributed by atoms with E-state index in [1.807, 2.05) is 22.8 Å². The zero-order valence-corrected chi connectivity index (χ0v) is 12.0. The molecular weight excluding hydrogens is 271 g/mol. The molecule has 2 nitrogen and oxygen atoms in total. The molecule has 0 aliphatic carbocycles. The summed E-state index contributed by atoms with van der Waals surface area (Å²) in [7, 11) is 0. The Kier molecular flexibility index (Phi) is 3.40. The van der Waals surface area contributed by atoms with Gasteiger partial charge in [-0.2, -0.15) is 0 Å². The van der Waals surface area contributed by atoms with Gasteiger partial charge in [-0.3, -0.25) is 0 Å². The average molecular weight is 286 g/mol. The number of benzene rings is 2. The average Bonchev–Trinajstić information content (AvgIpc) is 2.76. The van der Waals surface area contributed by atoms with E-state index in [0.29, 0.717) is 10.7 Å². The summed E-state index contributed by atoms with van der Waals surface area (Å²) in [5.41, 5.74) is 2.94. The number of rotatable bonds is 3. The summed E-state index contributed by atoms with van der Waals surface area (Å²) in [6.07, 6.45) is 0. The van der Waals surface area contributed by atoms with Gasteiger partial charge in [-0.05, 0) is 41.9 Å². The second kappa shape index (κ2) is 5.21. The number of hydrogen-bond donors (Lipinski definition) is 1. The Morgan fingerprint density at radius 1 is 1.20 bits per heavy atom. The molecule has 1 aromatic heterocycles. The van der Waals surface area contributed by atoms with Crippen molar-refractivity contribution >= 4 is 23.3 Å². The molecular formula is C16H15FN2S. The van der Waals surface area contributed by atoms with Crippen molar-refractivity contribution in [2.75, 3.05) is 0 Å². The number of H-pyrrole nitrogens is 1.